The molecule has 0 aliphatic heterocycles. The molecule has 0 saturated carbocycles. The van der Waals surface area contributed by atoms with E-state index in [-0.39, 0.29) is 16.9 Å². The van der Waals surface area contributed by atoms with Gasteiger partial charge in [-0.3, -0.25) is 4.79 Å². The molecule has 2 aromatic carbocycles. The molecule has 0 atom stereocenters. The Kier molecular flexibility index (Phi) is 4.90. The minimum Gasteiger partial charge on any atom is -0.506 e. The minimum atomic E-state index is -0.325. The van der Waals surface area contributed by atoms with Gasteiger partial charge in [0.25, 0.3) is 5.56 Å². The van der Waals surface area contributed by atoms with Crippen molar-refractivity contribution in [3.8, 4) is 44.6 Å². The first-order valence-corrected chi connectivity index (χ1v) is 9.69. The van der Waals surface area contributed by atoms with Crippen LogP contribution in [0.2, 0.25) is 0 Å². The van der Waals surface area contributed by atoms with Crippen LogP contribution in [-0.4, -0.2) is 31.4 Å². The van der Waals surface area contributed by atoms with E-state index in [2.05, 4.69) is 4.98 Å². The third kappa shape index (κ3) is 3.09. The topological polar surface area (TPSA) is 80.8 Å². The lowest BCUT2D eigenvalue weighted by atomic mass is 10.00. The molecule has 0 radical (unpaired) electrons. The zero-order valence-corrected chi connectivity index (χ0v) is 16.9. The summed E-state index contributed by atoms with van der Waals surface area (Å²) < 4.78 is 16.4. The van der Waals surface area contributed by atoms with Crippen LogP contribution in [0.3, 0.4) is 0 Å². The Morgan fingerprint density at radius 2 is 1.76 bits per heavy atom. The van der Waals surface area contributed by atoms with E-state index in [0.29, 0.717) is 33.0 Å². The number of aromatic nitrogens is 1. The van der Waals surface area contributed by atoms with Crippen LogP contribution in [-0.2, 0) is 0 Å². The van der Waals surface area contributed by atoms with Crippen molar-refractivity contribution >= 4 is 22.2 Å². The van der Waals surface area contributed by atoms with E-state index in [9.17, 15) is 9.90 Å². The fourth-order valence-electron chi connectivity index (χ4n) is 3.42. The van der Waals surface area contributed by atoms with Crippen LogP contribution in [0, 0.1) is 0 Å². The van der Waals surface area contributed by atoms with Gasteiger partial charge >= 0.3 is 0 Å². The third-order valence-corrected chi connectivity index (χ3v) is 5.66. The summed E-state index contributed by atoms with van der Waals surface area (Å²) >= 11 is 1.40. The van der Waals surface area contributed by atoms with Gasteiger partial charge in [0.15, 0.2) is 11.5 Å². The van der Waals surface area contributed by atoms with E-state index in [1.165, 1.54) is 11.3 Å². The Morgan fingerprint density at radius 1 is 0.966 bits per heavy atom. The molecular weight excluding hydrogens is 390 g/mol. The lowest BCUT2D eigenvalue weighted by Crippen LogP contribution is -2.08. The van der Waals surface area contributed by atoms with Crippen LogP contribution in [0.5, 0.6) is 23.0 Å². The number of hydrogen-bond donors (Lipinski definition) is 2. The van der Waals surface area contributed by atoms with E-state index in [0.717, 1.165) is 11.1 Å². The standard InChI is InChI=1S/C22H19NO5S/c1-26-16-9-7-13(20(27-2)21(16)28-3)12-6-8-15-14(11-12)19(24)18(22(25)23-15)17-5-4-10-29-17/h4-11H,1-3H3,(H2,23,24,25). The summed E-state index contributed by atoms with van der Waals surface area (Å²) in [6, 6.07) is 12.7. The molecule has 29 heavy (non-hydrogen) atoms. The van der Waals surface area contributed by atoms with Gasteiger partial charge in [-0.15, -0.1) is 11.3 Å². The number of rotatable bonds is 5. The summed E-state index contributed by atoms with van der Waals surface area (Å²) in [5.41, 5.74) is 2.07. The lowest BCUT2D eigenvalue weighted by Gasteiger charge is -2.16. The van der Waals surface area contributed by atoms with Crippen LogP contribution in [0.25, 0.3) is 32.5 Å². The van der Waals surface area contributed by atoms with Crippen LogP contribution in [0.15, 0.2) is 52.6 Å². The molecule has 2 N–H and O–H groups in total. The maximum Gasteiger partial charge on any atom is 0.260 e. The van der Waals surface area contributed by atoms with Crippen molar-refractivity contribution in [2.24, 2.45) is 0 Å². The van der Waals surface area contributed by atoms with Gasteiger partial charge in [-0.2, -0.15) is 0 Å². The summed E-state index contributed by atoms with van der Waals surface area (Å²) in [6.45, 7) is 0. The smallest absolute Gasteiger partial charge is 0.260 e. The summed E-state index contributed by atoms with van der Waals surface area (Å²) in [4.78, 5) is 16.1. The van der Waals surface area contributed by atoms with Crippen molar-refractivity contribution in [2.75, 3.05) is 21.3 Å². The summed E-state index contributed by atoms with van der Waals surface area (Å²) in [6.07, 6.45) is 0. The van der Waals surface area contributed by atoms with Crippen LogP contribution in [0.1, 0.15) is 0 Å². The SMILES string of the molecule is COc1ccc(-c2ccc3[nH]c(=O)c(-c4cccs4)c(O)c3c2)c(OC)c1OC. The van der Waals surface area contributed by atoms with Gasteiger partial charge in [-0.25, -0.2) is 0 Å². The molecule has 6 nitrogen and oxygen atoms in total. The number of methoxy groups -OCH3 is 3. The maximum absolute atomic E-state index is 12.5. The van der Waals surface area contributed by atoms with Crippen molar-refractivity contribution in [1.29, 1.82) is 0 Å². The highest BCUT2D eigenvalue weighted by Crippen LogP contribution is 2.45. The van der Waals surface area contributed by atoms with Crippen molar-refractivity contribution in [3.63, 3.8) is 0 Å². The summed E-state index contributed by atoms with van der Waals surface area (Å²) in [7, 11) is 4.67. The highest BCUT2D eigenvalue weighted by Gasteiger charge is 2.19. The predicted molar refractivity (Wildman–Crippen MR) is 115 cm³/mol. The van der Waals surface area contributed by atoms with Crippen LogP contribution >= 0.6 is 11.3 Å². The Hall–Kier alpha value is -3.45. The zero-order valence-electron chi connectivity index (χ0n) is 16.1. The minimum absolute atomic E-state index is 0.0486. The number of fused-ring (bicyclic) bond motifs is 1. The second-order valence-electron chi connectivity index (χ2n) is 6.30. The Labute approximate surface area is 170 Å². The number of aromatic amines is 1. The molecule has 4 rings (SSSR count). The first kappa shape index (κ1) is 18.9. The van der Waals surface area contributed by atoms with Gasteiger partial charge in [-0.1, -0.05) is 12.1 Å². The molecule has 0 bridgehead atoms. The number of benzene rings is 2. The van der Waals surface area contributed by atoms with E-state index in [1.54, 1.807) is 33.5 Å². The average Bonchev–Trinajstić information content (AvgIpc) is 3.26. The van der Waals surface area contributed by atoms with E-state index in [4.69, 9.17) is 14.2 Å². The molecule has 0 saturated heterocycles. The molecule has 0 spiro atoms. The van der Waals surface area contributed by atoms with Gasteiger partial charge in [0.05, 0.1) is 32.4 Å². The van der Waals surface area contributed by atoms with E-state index < -0.39 is 0 Å². The molecule has 4 aromatic rings. The van der Waals surface area contributed by atoms with Crippen LogP contribution in [0.4, 0.5) is 0 Å². The number of nitrogens with one attached hydrogen (secondary N) is 1. The van der Waals surface area contributed by atoms with Gasteiger partial charge in [0.1, 0.15) is 5.75 Å². The number of ether oxygens (including phenoxy) is 3. The largest absolute Gasteiger partial charge is 0.506 e. The van der Waals surface area contributed by atoms with Gasteiger partial charge in [-0.05, 0) is 41.3 Å². The summed E-state index contributed by atoms with van der Waals surface area (Å²) in [5, 5.41) is 13.3. The zero-order chi connectivity index (χ0) is 20.5. The van der Waals surface area contributed by atoms with E-state index >= 15 is 0 Å². The normalized spacial score (nSPS) is 10.9. The number of pyridine rings is 1. The van der Waals surface area contributed by atoms with Gasteiger partial charge in [0, 0.05) is 15.8 Å². The van der Waals surface area contributed by atoms with E-state index in [1.807, 2.05) is 35.7 Å². The molecule has 0 unspecified atom stereocenters. The van der Waals surface area contributed by atoms with Gasteiger partial charge < -0.3 is 24.3 Å². The molecule has 148 valence electrons. The van der Waals surface area contributed by atoms with Crippen LogP contribution < -0.4 is 19.8 Å². The van der Waals surface area contributed by atoms with Crippen molar-refractivity contribution in [2.45, 2.75) is 0 Å². The monoisotopic (exact) mass is 409 g/mol. The van der Waals surface area contributed by atoms with Crippen molar-refractivity contribution in [1.82, 2.24) is 4.98 Å². The number of aromatic hydroxyl groups is 1. The average molecular weight is 409 g/mol. The molecular formula is C22H19NO5S. The number of H-pyrrole nitrogens is 1. The van der Waals surface area contributed by atoms with Crippen molar-refractivity contribution < 1.29 is 19.3 Å². The Bertz CT molecular complexity index is 1240. The van der Waals surface area contributed by atoms with Crippen molar-refractivity contribution in [3.05, 3.63) is 58.2 Å². The Balaban J connectivity index is 1.96. The predicted octanol–water partition coefficient (Wildman–Crippen LogP) is 4.66. The molecule has 0 fully saturated rings. The maximum atomic E-state index is 12.5. The molecule has 2 aromatic heterocycles. The lowest BCUT2D eigenvalue weighted by molar-refractivity contribution is 0.325. The first-order chi connectivity index (χ1) is 14.1. The fraction of sp³-hybridized carbons (Fsp3) is 0.136. The Morgan fingerprint density at radius 3 is 2.41 bits per heavy atom. The highest BCUT2D eigenvalue weighted by atomic mass is 32.1. The number of hydrogen-bond acceptors (Lipinski definition) is 6. The highest BCUT2D eigenvalue weighted by molar-refractivity contribution is 7.13. The third-order valence-electron chi connectivity index (χ3n) is 4.77. The molecule has 2 heterocycles. The first-order valence-electron chi connectivity index (χ1n) is 8.81. The molecule has 7 heteroatoms. The quantitative estimate of drug-likeness (QED) is 0.501. The number of thiophene rings is 1. The molecule has 0 aliphatic rings. The van der Waals surface area contributed by atoms with Gasteiger partial charge in [0.2, 0.25) is 5.75 Å². The second kappa shape index (κ2) is 7.52. The molecule has 0 aliphatic carbocycles. The fourth-order valence-corrected chi connectivity index (χ4v) is 4.19. The summed E-state index contributed by atoms with van der Waals surface area (Å²) in [5.74, 6) is 1.51. The molecule has 0 amide bonds. The second-order valence-corrected chi connectivity index (χ2v) is 7.24.